The zero-order chi connectivity index (χ0) is 13.4. The third-order valence-electron chi connectivity index (χ3n) is 2.65. The minimum atomic E-state index is 0.0902. The lowest BCUT2D eigenvalue weighted by Crippen LogP contribution is -2.26. The first-order valence-electron chi connectivity index (χ1n) is 6.32. The molecule has 0 aliphatic carbocycles. The summed E-state index contributed by atoms with van der Waals surface area (Å²) in [6, 6.07) is 8.33. The van der Waals surface area contributed by atoms with Crippen LogP contribution in [0.4, 0.5) is 0 Å². The molecule has 3 nitrogen and oxygen atoms in total. The van der Waals surface area contributed by atoms with Crippen LogP contribution in [0.1, 0.15) is 29.7 Å². The number of benzene rings is 1. The smallest absolute Gasteiger partial charge is 0.230 e. The number of nitrogens with two attached hydrogens (primary N) is 1. The van der Waals surface area contributed by atoms with Crippen LogP contribution in [0.5, 0.6) is 0 Å². The molecule has 3 N–H and O–H groups in total. The second-order valence-electron chi connectivity index (χ2n) is 4.30. The molecule has 1 unspecified atom stereocenters. The predicted molar refractivity (Wildman–Crippen MR) is 78.7 cm³/mol. The van der Waals surface area contributed by atoms with Crippen molar-refractivity contribution in [3.8, 4) is 0 Å². The Balaban J connectivity index is 2.47. The average molecular weight is 266 g/mol. The number of thioether (sulfide) groups is 1. The minimum absolute atomic E-state index is 0.0902. The lowest BCUT2D eigenvalue weighted by atomic mass is 10.1. The molecule has 0 saturated heterocycles. The van der Waals surface area contributed by atoms with Crippen molar-refractivity contribution in [2.75, 3.05) is 18.8 Å². The van der Waals surface area contributed by atoms with Crippen molar-refractivity contribution in [3.05, 3.63) is 35.4 Å². The Morgan fingerprint density at radius 1 is 1.39 bits per heavy atom. The van der Waals surface area contributed by atoms with Gasteiger partial charge >= 0.3 is 0 Å². The summed E-state index contributed by atoms with van der Waals surface area (Å²) >= 11 is 1.60. The fourth-order valence-electron chi connectivity index (χ4n) is 1.57. The third kappa shape index (κ3) is 5.10. The average Bonchev–Trinajstić information content (AvgIpc) is 2.39. The Bertz CT molecular complexity index is 365. The molecule has 0 aliphatic rings. The summed E-state index contributed by atoms with van der Waals surface area (Å²) in [6.07, 6.45) is 0.967. The number of carbonyl (C=O) groups excluding carboxylic acids is 1. The second kappa shape index (κ2) is 8.16. The number of amides is 1. The molecule has 1 aromatic carbocycles. The van der Waals surface area contributed by atoms with Crippen molar-refractivity contribution in [3.63, 3.8) is 0 Å². The molecule has 0 spiro atoms. The Hall–Kier alpha value is -1.00. The maximum atomic E-state index is 11.5. The van der Waals surface area contributed by atoms with E-state index in [2.05, 4.69) is 36.5 Å². The van der Waals surface area contributed by atoms with Crippen LogP contribution in [0, 0.1) is 6.92 Å². The molecule has 0 bridgehead atoms. The normalized spacial score (nSPS) is 12.2. The summed E-state index contributed by atoms with van der Waals surface area (Å²) in [5.41, 5.74) is 8.20. The Labute approximate surface area is 114 Å². The van der Waals surface area contributed by atoms with Crippen LogP contribution < -0.4 is 11.1 Å². The van der Waals surface area contributed by atoms with Crippen molar-refractivity contribution in [1.82, 2.24) is 5.32 Å². The highest BCUT2D eigenvalue weighted by atomic mass is 32.2. The molecule has 0 heterocycles. The van der Waals surface area contributed by atoms with E-state index in [1.807, 2.05) is 6.92 Å². The van der Waals surface area contributed by atoms with Gasteiger partial charge in [-0.15, -0.1) is 11.8 Å². The van der Waals surface area contributed by atoms with Gasteiger partial charge in [-0.25, -0.2) is 0 Å². The molecule has 0 fully saturated rings. The van der Waals surface area contributed by atoms with Crippen molar-refractivity contribution in [2.24, 2.45) is 5.73 Å². The van der Waals surface area contributed by atoms with Crippen molar-refractivity contribution >= 4 is 17.7 Å². The lowest BCUT2D eigenvalue weighted by molar-refractivity contribution is -0.118. The van der Waals surface area contributed by atoms with Crippen LogP contribution in [0.2, 0.25) is 0 Å². The predicted octanol–water partition coefficient (Wildman–Crippen LogP) is 2.25. The van der Waals surface area contributed by atoms with Gasteiger partial charge in [0.1, 0.15) is 0 Å². The van der Waals surface area contributed by atoms with E-state index in [4.69, 9.17) is 5.73 Å². The number of aryl methyl sites for hydroxylation is 1. The van der Waals surface area contributed by atoms with Gasteiger partial charge in [0.15, 0.2) is 0 Å². The molecule has 1 aromatic rings. The van der Waals surface area contributed by atoms with Crippen LogP contribution in [0.25, 0.3) is 0 Å². The SMILES string of the molecule is CCCNC(=O)CSC(CN)c1ccc(C)cc1. The van der Waals surface area contributed by atoms with E-state index >= 15 is 0 Å². The zero-order valence-corrected chi connectivity index (χ0v) is 11.9. The summed E-state index contributed by atoms with van der Waals surface area (Å²) in [5, 5.41) is 3.06. The Kier molecular flexibility index (Phi) is 6.83. The van der Waals surface area contributed by atoms with Crippen LogP contribution in [-0.4, -0.2) is 24.7 Å². The van der Waals surface area contributed by atoms with Crippen LogP contribution in [0.15, 0.2) is 24.3 Å². The number of nitrogens with one attached hydrogen (secondary N) is 1. The van der Waals surface area contributed by atoms with Gasteiger partial charge in [0.05, 0.1) is 5.75 Å². The molecule has 100 valence electrons. The zero-order valence-electron chi connectivity index (χ0n) is 11.1. The van der Waals surface area contributed by atoms with E-state index in [9.17, 15) is 4.79 Å². The first-order chi connectivity index (χ1) is 8.67. The number of rotatable bonds is 7. The molecule has 0 radical (unpaired) electrons. The van der Waals surface area contributed by atoms with Crippen molar-refractivity contribution < 1.29 is 4.79 Å². The van der Waals surface area contributed by atoms with E-state index in [1.54, 1.807) is 11.8 Å². The molecule has 18 heavy (non-hydrogen) atoms. The maximum Gasteiger partial charge on any atom is 0.230 e. The molecular weight excluding hydrogens is 244 g/mol. The molecule has 0 saturated carbocycles. The number of hydrogen-bond donors (Lipinski definition) is 2. The first-order valence-corrected chi connectivity index (χ1v) is 7.37. The second-order valence-corrected chi connectivity index (χ2v) is 5.49. The molecule has 4 heteroatoms. The quantitative estimate of drug-likeness (QED) is 0.796. The monoisotopic (exact) mass is 266 g/mol. The van der Waals surface area contributed by atoms with Crippen LogP contribution >= 0.6 is 11.8 Å². The Morgan fingerprint density at radius 3 is 2.61 bits per heavy atom. The lowest BCUT2D eigenvalue weighted by Gasteiger charge is -2.15. The largest absolute Gasteiger partial charge is 0.355 e. The van der Waals surface area contributed by atoms with E-state index < -0.39 is 0 Å². The first kappa shape index (κ1) is 15.1. The third-order valence-corrected chi connectivity index (χ3v) is 3.95. The van der Waals surface area contributed by atoms with Gasteiger partial charge < -0.3 is 11.1 Å². The molecular formula is C14H22N2OS. The van der Waals surface area contributed by atoms with Crippen molar-refractivity contribution in [2.45, 2.75) is 25.5 Å². The number of hydrogen-bond acceptors (Lipinski definition) is 3. The minimum Gasteiger partial charge on any atom is -0.355 e. The highest BCUT2D eigenvalue weighted by molar-refractivity contribution is 8.00. The highest BCUT2D eigenvalue weighted by Crippen LogP contribution is 2.27. The van der Waals surface area contributed by atoms with E-state index in [0.29, 0.717) is 12.3 Å². The van der Waals surface area contributed by atoms with Gasteiger partial charge in [-0.1, -0.05) is 36.8 Å². The summed E-state index contributed by atoms with van der Waals surface area (Å²) in [6.45, 7) is 5.40. The van der Waals surface area contributed by atoms with Gasteiger partial charge in [-0.3, -0.25) is 4.79 Å². The molecule has 1 amide bonds. The van der Waals surface area contributed by atoms with Crippen molar-refractivity contribution in [1.29, 1.82) is 0 Å². The van der Waals surface area contributed by atoms with Gasteiger partial charge in [-0.05, 0) is 18.9 Å². The summed E-state index contributed by atoms with van der Waals surface area (Å²) in [7, 11) is 0. The molecule has 0 aliphatic heterocycles. The standard InChI is InChI=1S/C14H22N2OS/c1-3-8-16-14(17)10-18-13(9-15)12-6-4-11(2)5-7-12/h4-7,13H,3,8-10,15H2,1-2H3,(H,16,17). The topological polar surface area (TPSA) is 55.1 Å². The fourth-order valence-corrected chi connectivity index (χ4v) is 2.51. The summed E-state index contributed by atoms with van der Waals surface area (Å²) in [4.78, 5) is 11.5. The van der Waals surface area contributed by atoms with E-state index in [0.717, 1.165) is 13.0 Å². The molecule has 0 aromatic heterocycles. The fraction of sp³-hybridized carbons (Fsp3) is 0.500. The van der Waals surface area contributed by atoms with Crippen LogP contribution in [0.3, 0.4) is 0 Å². The number of carbonyl (C=O) groups is 1. The Morgan fingerprint density at radius 2 is 2.06 bits per heavy atom. The summed E-state index contributed by atoms with van der Waals surface area (Å²) < 4.78 is 0. The summed E-state index contributed by atoms with van der Waals surface area (Å²) in [5.74, 6) is 0.558. The van der Waals surface area contributed by atoms with E-state index in [1.165, 1.54) is 11.1 Å². The van der Waals surface area contributed by atoms with E-state index in [-0.39, 0.29) is 11.2 Å². The molecule has 1 rings (SSSR count). The maximum absolute atomic E-state index is 11.5. The van der Waals surface area contributed by atoms with Gasteiger partial charge in [-0.2, -0.15) is 0 Å². The van der Waals surface area contributed by atoms with Crippen LogP contribution in [-0.2, 0) is 4.79 Å². The van der Waals surface area contributed by atoms with Gasteiger partial charge in [0, 0.05) is 18.3 Å². The highest BCUT2D eigenvalue weighted by Gasteiger charge is 2.12. The van der Waals surface area contributed by atoms with Gasteiger partial charge in [0.2, 0.25) is 5.91 Å². The van der Waals surface area contributed by atoms with Gasteiger partial charge in [0.25, 0.3) is 0 Å². The molecule has 1 atom stereocenters.